The summed E-state index contributed by atoms with van der Waals surface area (Å²) in [5.74, 6) is 0.545. The molecule has 0 aliphatic carbocycles. The van der Waals surface area contributed by atoms with Crippen molar-refractivity contribution in [1.29, 1.82) is 0 Å². The Morgan fingerprint density at radius 2 is 1.81 bits per heavy atom. The summed E-state index contributed by atoms with van der Waals surface area (Å²) in [5.41, 5.74) is 4.35. The molecule has 3 heteroatoms. The van der Waals surface area contributed by atoms with E-state index >= 15 is 0 Å². The molecule has 0 aliphatic rings. The van der Waals surface area contributed by atoms with Crippen molar-refractivity contribution in [2.45, 2.75) is 19.9 Å². The first-order valence-electron chi connectivity index (χ1n) is 7.02. The molecule has 1 unspecified atom stereocenters. The van der Waals surface area contributed by atoms with Gasteiger partial charge in [0.1, 0.15) is 17.2 Å². The van der Waals surface area contributed by atoms with Gasteiger partial charge >= 0.3 is 0 Å². The molecule has 1 N–H and O–H groups in total. The average molecular weight is 283 g/mol. The van der Waals surface area contributed by atoms with Gasteiger partial charge in [-0.2, -0.15) is 0 Å². The van der Waals surface area contributed by atoms with Crippen LogP contribution in [-0.4, -0.2) is 7.05 Å². The second-order valence-corrected chi connectivity index (χ2v) is 5.40. The zero-order chi connectivity index (χ0) is 15.0. The van der Waals surface area contributed by atoms with Gasteiger partial charge in [-0.15, -0.1) is 0 Å². The molecule has 1 heterocycles. The van der Waals surface area contributed by atoms with Crippen molar-refractivity contribution in [2.75, 3.05) is 7.05 Å². The van der Waals surface area contributed by atoms with Gasteiger partial charge in [-0.25, -0.2) is 4.39 Å². The molecule has 2 aromatic carbocycles. The normalized spacial score (nSPS) is 12.8. The average Bonchev–Trinajstić information content (AvgIpc) is 2.86. The minimum absolute atomic E-state index is 0.0419. The van der Waals surface area contributed by atoms with E-state index in [1.165, 1.54) is 23.3 Å². The molecule has 2 nitrogen and oxygen atoms in total. The summed E-state index contributed by atoms with van der Waals surface area (Å²) >= 11 is 0. The monoisotopic (exact) mass is 283 g/mol. The molecule has 0 saturated carbocycles. The fourth-order valence-electron chi connectivity index (χ4n) is 2.59. The molecule has 0 bridgehead atoms. The highest BCUT2D eigenvalue weighted by Gasteiger charge is 2.17. The van der Waals surface area contributed by atoms with E-state index in [2.05, 4.69) is 37.4 Å². The Morgan fingerprint density at radius 1 is 1.00 bits per heavy atom. The lowest BCUT2D eigenvalue weighted by atomic mass is 9.99. The lowest BCUT2D eigenvalue weighted by molar-refractivity contribution is 0.491. The predicted octanol–water partition coefficient (Wildman–Crippen LogP) is 4.50. The number of furan rings is 1. The SMILES string of the molecule is CNC(c1ccc(C)c(C)c1)c1cc2cc(F)ccc2o1. The van der Waals surface area contributed by atoms with Gasteiger partial charge in [0.05, 0.1) is 6.04 Å². The number of fused-ring (bicyclic) bond motifs is 1. The van der Waals surface area contributed by atoms with Gasteiger partial charge in [0.15, 0.2) is 0 Å². The second-order valence-electron chi connectivity index (χ2n) is 5.40. The van der Waals surface area contributed by atoms with Gasteiger partial charge in [0.25, 0.3) is 0 Å². The summed E-state index contributed by atoms with van der Waals surface area (Å²) in [5, 5.41) is 4.06. The highest BCUT2D eigenvalue weighted by Crippen LogP contribution is 2.29. The molecule has 1 atom stereocenters. The van der Waals surface area contributed by atoms with Crippen LogP contribution in [0.5, 0.6) is 0 Å². The van der Waals surface area contributed by atoms with E-state index in [1.807, 2.05) is 13.1 Å². The van der Waals surface area contributed by atoms with Crippen LogP contribution >= 0.6 is 0 Å². The van der Waals surface area contributed by atoms with Gasteiger partial charge in [0, 0.05) is 5.39 Å². The molecule has 1 aromatic heterocycles. The van der Waals surface area contributed by atoms with E-state index in [0.717, 1.165) is 16.7 Å². The van der Waals surface area contributed by atoms with Crippen LogP contribution in [0.3, 0.4) is 0 Å². The number of benzene rings is 2. The summed E-state index contributed by atoms with van der Waals surface area (Å²) in [6.07, 6.45) is 0. The molecule has 0 amide bonds. The van der Waals surface area contributed by atoms with Crippen LogP contribution in [-0.2, 0) is 0 Å². The van der Waals surface area contributed by atoms with Crippen LogP contribution < -0.4 is 5.32 Å². The molecular weight excluding hydrogens is 265 g/mol. The largest absolute Gasteiger partial charge is 0.459 e. The van der Waals surface area contributed by atoms with Crippen molar-refractivity contribution < 1.29 is 8.81 Å². The van der Waals surface area contributed by atoms with E-state index < -0.39 is 0 Å². The van der Waals surface area contributed by atoms with Crippen molar-refractivity contribution in [1.82, 2.24) is 5.32 Å². The standard InChI is InChI=1S/C18H18FNO/c1-11-4-5-13(8-12(11)2)18(20-3)17-10-14-9-15(19)6-7-16(14)21-17/h4-10,18,20H,1-3H3. The number of hydrogen-bond acceptors (Lipinski definition) is 2. The Balaban J connectivity index is 2.06. The van der Waals surface area contributed by atoms with Crippen LogP contribution in [0.4, 0.5) is 4.39 Å². The van der Waals surface area contributed by atoms with E-state index in [0.29, 0.717) is 5.58 Å². The highest BCUT2D eigenvalue weighted by atomic mass is 19.1. The maximum absolute atomic E-state index is 13.3. The second kappa shape index (κ2) is 5.34. The first kappa shape index (κ1) is 13.8. The van der Waals surface area contributed by atoms with Crippen LogP contribution in [0.25, 0.3) is 11.0 Å². The number of rotatable bonds is 3. The summed E-state index contributed by atoms with van der Waals surface area (Å²) in [6, 6.07) is 12.8. The third kappa shape index (κ3) is 2.57. The molecule has 3 rings (SSSR count). The first-order chi connectivity index (χ1) is 10.1. The van der Waals surface area contributed by atoms with Gasteiger partial charge < -0.3 is 9.73 Å². The predicted molar refractivity (Wildman–Crippen MR) is 83.0 cm³/mol. The van der Waals surface area contributed by atoms with Crippen LogP contribution in [0.15, 0.2) is 46.9 Å². The minimum Gasteiger partial charge on any atom is -0.459 e. The lowest BCUT2D eigenvalue weighted by Crippen LogP contribution is -2.17. The number of aryl methyl sites for hydroxylation is 2. The minimum atomic E-state index is -0.248. The van der Waals surface area contributed by atoms with Gasteiger partial charge in [-0.3, -0.25) is 0 Å². The maximum atomic E-state index is 13.3. The van der Waals surface area contributed by atoms with Crippen molar-refractivity contribution in [3.05, 3.63) is 70.7 Å². The van der Waals surface area contributed by atoms with Crippen molar-refractivity contribution in [2.24, 2.45) is 0 Å². The molecule has 0 radical (unpaired) electrons. The third-order valence-electron chi connectivity index (χ3n) is 3.93. The molecule has 21 heavy (non-hydrogen) atoms. The van der Waals surface area contributed by atoms with Crippen LogP contribution in [0.2, 0.25) is 0 Å². The van der Waals surface area contributed by atoms with Gasteiger partial charge in [-0.05, 0) is 61.9 Å². The van der Waals surface area contributed by atoms with E-state index in [4.69, 9.17) is 4.42 Å². The molecule has 0 saturated heterocycles. The van der Waals surface area contributed by atoms with Crippen LogP contribution in [0.1, 0.15) is 28.5 Å². The number of halogens is 1. The highest BCUT2D eigenvalue weighted by molar-refractivity contribution is 5.78. The Labute approximate surface area is 123 Å². The van der Waals surface area contributed by atoms with Crippen molar-refractivity contribution in [3.63, 3.8) is 0 Å². The molecule has 3 aromatic rings. The summed E-state index contributed by atoms with van der Waals surface area (Å²) in [4.78, 5) is 0. The quantitative estimate of drug-likeness (QED) is 0.765. The van der Waals surface area contributed by atoms with E-state index in [9.17, 15) is 4.39 Å². The Bertz CT molecular complexity index is 791. The molecular formula is C18H18FNO. The van der Waals surface area contributed by atoms with Gasteiger partial charge in [0.2, 0.25) is 0 Å². The smallest absolute Gasteiger partial charge is 0.134 e. The van der Waals surface area contributed by atoms with E-state index in [-0.39, 0.29) is 11.9 Å². The zero-order valence-electron chi connectivity index (χ0n) is 12.4. The van der Waals surface area contributed by atoms with Gasteiger partial charge in [-0.1, -0.05) is 18.2 Å². The zero-order valence-corrected chi connectivity index (χ0v) is 12.4. The third-order valence-corrected chi connectivity index (χ3v) is 3.93. The Hall–Kier alpha value is -2.13. The fraction of sp³-hybridized carbons (Fsp3) is 0.222. The van der Waals surface area contributed by atoms with Crippen molar-refractivity contribution in [3.8, 4) is 0 Å². The number of hydrogen-bond donors (Lipinski definition) is 1. The van der Waals surface area contributed by atoms with E-state index in [1.54, 1.807) is 6.07 Å². The molecule has 0 spiro atoms. The maximum Gasteiger partial charge on any atom is 0.134 e. The lowest BCUT2D eigenvalue weighted by Gasteiger charge is -2.15. The molecule has 0 fully saturated rings. The summed E-state index contributed by atoms with van der Waals surface area (Å²) < 4.78 is 19.2. The summed E-state index contributed by atoms with van der Waals surface area (Å²) in [6.45, 7) is 4.19. The fourth-order valence-corrected chi connectivity index (χ4v) is 2.59. The van der Waals surface area contributed by atoms with Crippen LogP contribution in [0, 0.1) is 19.7 Å². The topological polar surface area (TPSA) is 25.2 Å². The Kier molecular flexibility index (Phi) is 3.52. The Morgan fingerprint density at radius 3 is 2.52 bits per heavy atom. The van der Waals surface area contributed by atoms with Crippen molar-refractivity contribution >= 4 is 11.0 Å². The molecule has 108 valence electrons. The first-order valence-corrected chi connectivity index (χ1v) is 7.02. The number of nitrogens with one attached hydrogen (secondary N) is 1. The molecule has 0 aliphatic heterocycles. The summed E-state index contributed by atoms with van der Waals surface area (Å²) in [7, 11) is 1.90.